The van der Waals surface area contributed by atoms with Crippen LogP contribution in [0.15, 0.2) is 29.0 Å². The van der Waals surface area contributed by atoms with Crippen molar-refractivity contribution in [1.29, 1.82) is 0 Å². The van der Waals surface area contributed by atoms with Gasteiger partial charge in [0.15, 0.2) is 0 Å². The molecule has 1 unspecified atom stereocenters. The number of amides is 1. The summed E-state index contributed by atoms with van der Waals surface area (Å²) in [6, 6.07) is 3.96. The number of pyridine rings is 1. The van der Waals surface area contributed by atoms with Crippen molar-refractivity contribution in [3.05, 3.63) is 47.1 Å². The molecule has 152 valence electrons. The lowest BCUT2D eigenvalue weighted by atomic mass is 10.2. The van der Waals surface area contributed by atoms with Crippen LogP contribution in [0.3, 0.4) is 0 Å². The summed E-state index contributed by atoms with van der Waals surface area (Å²) in [6.45, 7) is 11.6. The van der Waals surface area contributed by atoms with Crippen molar-refractivity contribution < 1.29 is 14.1 Å². The molecule has 0 N–H and O–H groups in total. The summed E-state index contributed by atoms with van der Waals surface area (Å²) in [5.74, 6) is 1.35. The first kappa shape index (κ1) is 20.5. The molecule has 1 atom stereocenters. The van der Waals surface area contributed by atoms with E-state index in [9.17, 15) is 4.79 Å². The van der Waals surface area contributed by atoms with E-state index in [-0.39, 0.29) is 12.0 Å². The van der Waals surface area contributed by atoms with Crippen LogP contribution in [0.2, 0.25) is 0 Å². The molecule has 0 aromatic carbocycles. The van der Waals surface area contributed by atoms with Gasteiger partial charge in [-0.1, -0.05) is 25.1 Å². The number of carbonyl (C=O) groups is 1. The highest BCUT2D eigenvalue weighted by atomic mass is 16.5. The Bertz CT molecular complexity index is 756. The molecule has 1 aliphatic heterocycles. The van der Waals surface area contributed by atoms with E-state index in [1.54, 1.807) is 6.20 Å². The SMILES string of the molecule is Cc1noc(C)c1COC1CN(Cc2cccnc2)CC(=O)N(CC(C)C)C1. The van der Waals surface area contributed by atoms with E-state index < -0.39 is 0 Å². The Balaban J connectivity index is 1.72. The maximum atomic E-state index is 12.8. The molecule has 0 bridgehead atoms. The second kappa shape index (κ2) is 9.30. The zero-order valence-corrected chi connectivity index (χ0v) is 17.2. The molecule has 3 heterocycles. The Kier molecular flexibility index (Phi) is 6.80. The fourth-order valence-electron chi connectivity index (χ4n) is 3.55. The minimum absolute atomic E-state index is 0.0735. The first-order valence-corrected chi connectivity index (χ1v) is 9.84. The van der Waals surface area contributed by atoms with E-state index in [4.69, 9.17) is 9.26 Å². The molecule has 0 saturated carbocycles. The summed E-state index contributed by atoms with van der Waals surface area (Å²) in [5, 5.41) is 4.00. The monoisotopic (exact) mass is 386 g/mol. The summed E-state index contributed by atoms with van der Waals surface area (Å²) in [6.07, 6.45) is 3.54. The van der Waals surface area contributed by atoms with E-state index in [1.807, 2.05) is 37.1 Å². The Morgan fingerprint density at radius 1 is 1.32 bits per heavy atom. The molecule has 2 aromatic heterocycles. The predicted molar refractivity (Wildman–Crippen MR) is 105 cm³/mol. The molecule has 7 nitrogen and oxygen atoms in total. The third-order valence-corrected chi connectivity index (χ3v) is 4.96. The van der Waals surface area contributed by atoms with Crippen LogP contribution in [-0.2, 0) is 22.7 Å². The Hall–Kier alpha value is -2.25. The van der Waals surface area contributed by atoms with Gasteiger partial charge < -0.3 is 14.2 Å². The van der Waals surface area contributed by atoms with Crippen molar-refractivity contribution in [2.24, 2.45) is 5.92 Å². The fourth-order valence-corrected chi connectivity index (χ4v) is 3.55. The molecule has 1 saturated heterocycles. The smallest absolute Gasteiger partial charge is 0.236 e. The Morgan fingerprint density at radius 3 is 2.79 bits per heavy atom. The molecule has 1 amide bonds. The van der Waals surface area contributed by atoms with Gasteiger partial charge in [0, 0.05) is 44.1 Å². The lowest BCUT2D eigenvalue weighted by molar-refractivity contribution is -0.132. The third-order valence-electron chi connectivity index (χ3n) is 4.96. The number of aryl methyl sites for hydroxylation is 2. The maximum Gasteiger partial charge on any atom is 0.236 e. The topological polar surface area (TPSA) is 71.7 Å². The van der Waals surface area contributed by atoms with E-state index >= 15 is 0 Å². The molecule has 0 spiro atoms. The molecule has 1 aliphatic rings. The van der Waals surface area contributed by atoms with Gasteiger partial charge in [0.2, 0.25) is 5.91 Å². The largest absolute Gasteiger partial charge is 0.370 e. The summed E-state index contributed by atoms with van der Waals surface area (Å²) in [7, 11) is 0. The number of nitrogens with zero attached hydrogens (tertiary/aromatic N) is 4. The third kappa shape index (κ3) is 5.39. The average molecular weight is 386 g/mol. The summed E-state index contributed by atoms with van der Waals surface area (Å²) < 4.78 is 11.5. The van der Waals surface area contributed by atoms with Crippen molar-refractivity contribution >= 4 is 5.91 Å². The molecule has 7 heteroatoms. The molecular formula is C21H30N4O3. The van der Waals surface area contributed by atoms with Gasteiger partial charge in [-0.25, -0.2) is 0 Å². The van der Waals surface area contributed by atoms with Gasteiger partial charge in [-0.2, -0.15) is 0 Å². The minimum Gasteiger partial charge on any atom is -0.370 e. The van der Waals surface area contributed by atoms with Gasteiger partial charge in [0.05, 0.1) is 24.9 Å². The molecule has 1 fully saturated rings. The van der Waals surface area contributed by atoms with E-state index in [0.717, 1.165) is 29.1 Å². The molecular weight excluding hydrogens is 356 g/mol. The summed E-state index contributed by atoms with van der Waals surface area (Å²) in [4.78, 5) is 21.1. The molecule has 28 heavy (non-hydrogen) atoms. The molecule has 3 rings (SSSR count). The van der Waals surface area contributed by atoms with Crippen LogP contribution in [0.25, 0.3) is 0 Å². The highest BCUT2D eigenvalue weighted by molar-refractivity contribution is 5.78. The van der Waals surface area contributed by atoms with Crippen LogP contribution in [0.1, 0.15) is 36.4 Å². The number of rotatable bonds is 7. The Morgan fingerprint density at radius 2 is 2.14 bits per heavy atom. The normalized spacial score (nSPS) is 18.7. The van der Waals surface area contributed by atoms with Crippen molar-refractivity contribution in [3.63, 3.8) is 0 Å². The Labute approximate surface area is 166 Å². The van der Waals surface area contributed by atoms with Crippen molar-refractivity contribution in [2.45, 2.75) is 47.0 Å². The van der Waals surface area contributed by atoms with E-state index in [2.05, 4.69) is 28.9 Å². The zero-order valence-electron chi connectivity index (χ0n) is 17.2. The van der Waals surface area contributed by atoms with Gasteiger partial charge >= 0.3 is 0 Å². The average Bonchev–Trinajstić information content (AvgIpc) is 2.89. The first-order chi connectivity index (χ1) is 13.4. The van der Waals surface area contributed by atoms with Gasteiger partial charge in [-0.3, -0.25) is 14.7 Å². The minimum atomic E-state index is -0.0735. The lowest BCUT2D eigenvalue weighted by Gasteiger charge is -2.26. The molecule has 0 aliphatic carbocycles. The lowest BCUT2D eigenvalue weighted by Crippen LogP contribution is -2.40. The molecule has 0 radical (unpaired) electrons. The number of ether oxygens (including phenoxy) is 1. The standard InChI is InChI=1S/C21H30N4O3/c1-15(2)9-25-12-19(27-14-20-16(3)23-28-17(20)4)11-24(13-21(25)26)10-18-6-5-7-22-8-18/h5-8,15,19H,9-14H2,1-4H3. The highest BCUT2D eigenvalue weighted by Crippen LogP contribution is 2.18. The van der Waals surface area contributed by atoms with E-state index in [0.29, 0.717) is 38.7 Å². The van der Waals surface area contributed by atoms with Crippen LogP contribution in [0.4, 0.5) is 0 Å². The number of aromatic nitrogens is 2. The first-order valence-electron chi connectivity index (χ1n) is 9.84. The number of hydrogen-bond acceptors (Lipinski definition) is 6. The van der Waals surface area contributed by atoms with Crippen LogP contribution in [0, 0.1) is 19.8 Å². The second-order valence-corrected chi connectivity index (χ2v) is 7.96. The van der Waals surface area contributed by atoms with Crippen molar-refractivity contribution in [3.8, 4) is 0 Å². The van der Waals surface area contributed by atoms with Crippen LogP contribution >= 0.6 is 0 Å². The van der Waals surface area contributed by atoms with Gasteiger partial charge in [-0.15, -0.1) is 0 Å². The zero-order chi connectivity index (χ0) is 20.1. The quantitative estimate of drug-likeness (QED) is 0.728. The number of hydrogen-bond donors (Lipinski definition) is 0. The van der Waals surface area contributed by atoms with E-state index in [1.165, 1.54) is 0 Å². The highest BCUT2D eigenvalue weighted by Gasteiger charge is 2.29. The summed E-state index contributed by atoms with van der Waals surface area (Å²) in [5.41, 5.74) is 2.94. The second-order valence-electron chi connectivity index (χ2n) is 7.96. The maximum absolute atomic E-state index is 12.8. The number of carbonyl (C=O) groups excluding carboxylic acids is 1. The van der Waals surface area contributed by atoms with Crippen LogP contribution < -0.4 is 0 Å². The van der Waals surface area contributed by atoms with Crippen molar-refractivity contribution in [2.75, 3.05) is 26.2 Å². The van der Waals surface area contributed by atoms with Crippen LogP contribution in [0.5, 0.6) is 0 Å². The van der Waals surface area contributed by atoms with Gasteiger partial charge in [0.25, 0.3) is 0 Å². The fraction of sp³-hybridized carbons (Fsp3) is 0.571. The van der Waals surface area contributed by atoms with Crippen molar-refractivity contribution in [1.82, 2.24) is 19.9 Å². The molecule has 2 aromatic rings. The van der Waals surface area contributed by atoms with Gasteiger partial charge in [0.1, 0.15) is 5.76 Å². The summed E-state index contributed by atoms with van der Waals surface area (Å²) >= 11 is 0. The van der Waals surface area contributed by atoms with Crippen LogP contribution in [-0.4, -0.2) is 58.1 Å². The van der Waals surface area contributed by atoms with Gasteiger partial charge in [-0.05, 0) is 31.4 Å². The predicted octanol–water partition coefficient (Wildman–Crippen LogP) is 2.57.